The molecule has 1 aliphatic heterocycles. The van der Waals surface area contributed by atoms with Crippen LogP contribution in [0.4, 0.5) is 27.6 Å². The molecular weight excluding hydrogens is 425 g/mol. The number of fused-ring (bicyclic) bond motifs is 1. The van der Waals surface area contributed by atoms with Crippen molar-refractivity contribution in [3.05, 3.63) is 52.3 Å². The van der Waals surface area contributed by atoms with Gasteiger partial charge in [0, 0.05) is 24.0 Å². The molecule has 31 heavy (non-hydrogen) atoms. The molecule has 0 spiro atoms. The molecule has 2 heterocycles. The van der Waals surface area contributed by atoms with Gasteiger partial charge >= 0.3 is 6.18 Å². The number of hydrogen-bond donors (Lipinski definition) is 2. The average Bonchev–Trinajstić information content (AvgIpc) is 3.22. The Bertz CT molecular complexity index is 1070. The van der Waals surface area contributed by atoms with E-state index >= 15 is 0 Å². The molecular formula is C20H18F5N3O3. The van der Waals surface area contributed by atoms with E-state index in [0.29, 0.717) is 32.0 Å². The number of Topliss-reactive ketones (excluding diaryl/α,β-unsaturated/α-hetero) is 1. The second-order valence-corrected chi connectivity index (χ2v) is 7.20. The van der Waals surface area contributed by atoms with Crippen molar-refractivity contribution in [2.75, 3.05) is 5.32 Å². The fourth-order valence-electron chi connectivity index (χ4n) is 3.53. The summed E-state index contributed by atoms with van der Waals surface area (Å²) in [5.41, 5.74) is 0.440. The number of carbonyl (C=O) groups excluding carboxylic acids is 3. The molecule has 2 amide bonds. The number of nitrogens with zero attached hydrogens (tertiary/aromatic N) is 1. The Labute approximate surface area is 173 Å². The number of rotatable bonds is 5. The van der Waals surface area contributed by atoms with Crippen LogP contribution >= 0.6 is 0 Å². The SMILES string of the molecule is Cc1c(C(=O)Nc2ccc(F)c(F)c2)c2n(c1C(=O)C(=O)NC(C)C(F)(F)F)CCC2. The van der Waals surface area contributed by atoms with Crippen molar-refractivity contribution in [2.24, 2.45) is 0 Å². The standard InChI is InChI=1S/C20H18F5N3O3/c1-9-15(18(30)27-11-5-6-12(21)13(22)8-11)14-4-3-7-28(14)16(9)17(29)19(31)26-10(2)20(23,24)25/h5-6,8,10H,3-4,7H2,1-2H3,(H,26,31)(H,27,30). The van der Waals surface area contributed by atoms with Crippen LogP contribution in [0.2, 0.25) is 0 Å². The summed E-state index contributed by atoms with van der Waals surface area (Å²) < 4.78 is 66.1. The minimum Gasteiger partial charge on any atom is -0.341 e. The molecule has 0 radical (unpaired) electrons. The van der Waals surface area contributed by atoms with E-state index in [2.05, 4.69) is 5.32 Å². The largest absolute Gasteiger partial charge is 0.408 e. The van der Waals surface area contributed by atoms with E-state index in [1.54, 1.807) is 5.32 Å². The number of benzene rings is 1. The number of alkyl halides is 3. The minimum atomic E-state index is -4.72. The summed E-state index contributed by atoms with van der Waals surface area (Å²) in [5.74, 6) is -5.59. The number of hydrogen-bond acceptors (Lipinski definition) is 3. The zero-order valence-corrected chi connectivity index (χ0v) is 16.5. The highest BCUT2D eigenvalue weighted by molar-refractivity contribution is 6.43. The fourth-order valence-corrected chi connectivity index (χ4v) is 3.53. The van der Waals surface area contributed by atoms with Crippen LogP contribution in [-0.4, -0.2) is 34.4 Å². The van der Waals surface area contributed by atoms with Crippen LogP contribution in [0.3, 0.4) is 0 Å². The molecule has 2 N–H and O–H groups in total. The minimum absolute atomic E-state index is 0.0223. The number of halogens is 5. The van der Waals surface area contributed by atoms with Crippen LogP contribution in [0.5, 0.6) is 0 Å². The summed E-state index contributed by atoms with van der Waals surface area (Å²) in [5, 5.41) is 4.03. The lowest BCUT2D eigenvalue weighted by Crippen LogP contribution is -2.46. The van der Waals surface area contributed by atoms with Gasteiger partial charge in [-0.1, -0.05) is 0 Å². The van der Waals surface area contributed by atoms with Gasteiger partial charge in [-0.2, -0.15) is 13.2 Å². The molecule has 0 saturated heterocycles. The Balaban J connectivity index is 1.91. The van der Waals surface area contributed by atoms with Gasteiger partial charge in [0.2, 0.25) is 0 Å². The molecule has 0 aliphatic carbocycles. The molecule has 1 aliphatic rings. The van der Waals surface area contributed by atoms with Gasteiger partial charge in [0.15, 0.2) is 11.6 Å². The van der Waals surface area contributed by atoms with Gasteiger partial charge in [-0.15, -0.1) is 0 Å². The van der Waals surface area contributed by atoms with Crippen LogP contribution in [-0.2, 0) is 17.8 Å². The maximum Gasteiger partial charge on any atom is 0.408 e. The van der Waals surface area contributed by atoms with Crippen molar-refractivity contribution in [3.63, 3.8) is 0 Å². The van der Waals surface area contributed by atoms with Crippen molar-refractivity contribution >= 4 is 23.3 Å². The predicted molar refractivity (Wildman–Crippen MR) is 99.8 cm³/mol. The maximum absolute atomic E-state index is 13.4. The first-order valence-corrected chi connectivity index (χ1v) is 9.32. The van der Waals surface area contributed by atoms with E-state index in [1.165, 1.54) is 11.5 Å². The predicted octanol–water partition coefficient (Wildman–Crippen LogP) is 3.52. The van der Waals surface area contributed by atoms with Gasteiger partial charge < -0.3 is 15.2 Å². The average molecular weight is 443 g/mol. The second-order valence-electron chi connectivity index (χ2n) is 7.20. The smallest absolute Gasteiger partial charge is 0.341 e. The second kappa shape index (κ2) is 8.12. The Kier molecular flexibility index (Phi) is 5.88. The van der Waals surface area contributed by atoms with Crippen molar-refractivity contribution in [2.45, 2.75) is 45.5 Å². The molecule has 1 aromatic heterocycles. The van der Waals surface area contributed by atoms with E-state index in [-0.39, 0.29) is 22.5 Å². The first-order chi connectivity index (χ1) is 14.4. The summed E-state index contributed by atoms with van der Waals surface area (Å²) in [6.45, 7) is 2.41. The third-order valence-corrected chi connectivity index (χ3v) is 5.07. The van der Waals surface area contributed by atoms with Crippen LogP contribution in [0.1, 0.15) is 45.4 Å². The van der Waals surface area contributed by atoms with Gasteiger partial charge in [-0.3, -0.25) is 14.4 Å². The van der Waals surface area contributed by atoms with Crippen LogP contribution in [0.25, 0.3) is 0 Å². The lowest BCUT2D eigenvalue weighted by atomic mass is 10.0. The van der Waals surface area contributed by atoms with E-state index < -0.39 is 41.5 Å². The Morgan fingerprint density at radius 1 is 1.13 bits per heavy atom. The molecule has 1 atom stereocenters. The number of amides is 2. The molecule has 0 saturated carbocycles. The lowest BCUT2D eigenvalue weighted by molar-refractivity contribution is -0.156. The summed E-state index contributed by atoms with van der Waals surface area (Å²) in [6.07, 6.45) is -3.77. The van der Waals surface area contributed by atoms with E-state index in [4.69, 9.17) is 0 Å². The molecule has 6 nitrogen and oxygen atoms in total. The number of nitrogens with one attached hydrogen (secondary N) is 2. The quantitative estimate of drug-likeness (QED) is 0.422. The third-order valence-electron chi connectivity index (χ3n) is 5.07. The summed E-state index contributed by atoms with van der Waals surface area (Å²) >= 11 is 0. The van der Waals surface area contributed by atoms with Crippen molar-refractivity contribution in [3.8, 4) is 0 Å². The molecule has 1 aromatic carbocycles. The van der Waals surface area contributed by atoms with Gasteiger partial charge in [0.05, 0.1) is 11.3 Å². The molecule has 11 heteroatoms. The van der Waals surface area contributed by atoms with Crippen LogP contribution in [0.15, 0.2) is 18.2 Å². The number of anilines is 1. The Morgan fingerprint density at radius 3 is 2.42 bits per heavy atom. The van der Waals surface area contributed by atoms with Crippen LogP contribution in [0, 0.1) is 18.6 Å². The number of ketones is 1. The van der Waals surface area contributed by atoms with Gasteiger partial charge in [0.1, 0.15) is 6.04 Å². The molecule has 0 fully saturated rings. The molecule has 166 valence electrons. The molecule has 2 aromatic rings. The van der Waals surface area contributed by atoms with Gasteiger partial charge in [-0.05, 0) is 44.4 Å². The highest BCUT2D eigenvalue weighted by Gasteiger charge is 2.39. The molecule has 3 rings (SSSR count). The highest BCUT2D eigenvalue weighted by atomic mass is 19.4. The Hall–Kier alpha value is -3.24. The first kappa shape index (κ1) is 22.4. The summed E-state index contributed by atoms with van der Waals surface area (Å²) in [4.78, 5) is 37.6. The highest BCUT2D eigenvalue weighted by Crippen LogP contribution is 2.30. The maximum atomic E-state index is 13.4. The van der Waals surface area contributed by atoms with Crippen molar-refractivity contribution in [1.29, 1.82) is 0 Å². The molecule has 0 bridgehead atoms. The molecule has 1 unspecified atom stereocenters. The van der Waals surface area contributed by atoms with Crippen LogP contribution < -0.4 is 10.6 Å². The topological polar surface area (TPSA) is 80.2 Å². The third kappa shape index (κ3) is 4.30. The van der Waals surface area contributed by atoms with Gasteiger partial charge in [0.25, 0.3) is 17.6 Å². The fraction of sp³-hybridized carbons (Fsp3) is 0.350. The lowest BCUT2D eigenvalue weighted by Gasteiger charge is -2.17. The summed E-state index contributed by atoms with van der Waals surface area (Å²) in [7, 11) is 0. The normalized spacial score (nSPS) is 14.2. The zero-order valence-electron chi connectivity index (χ0n) is 16.5. The van der Waals surface area contributed by atoms with E-state index in [9.17, 15) is 36.3 Å². The monoisotopic (exact) mass is 443 g/mol. The number of carbonyl (C=O) groups is 3. The zero-order chi connectivity index (χ0) is 23.1. The van der Waals surface area contributed by atoms with E-state index in [0.717, 1.165) is 18.2 Å². The Morgan fingerprint density at radius 2 is 1.81 bits per heavy atom. The van der Waals surface area contributed by atoms with Gasteiger partial charge in [-0.25, -0.2) is 8.78 Å². The van der Waals surface area contributed by atoms with E-state index in [1.807, 2.05) is 0 Å². The van der Waals surface area contributed by atoms with Crippen molar-refractivity contribution < 1.29 is 36.3 Å². The summed E-state index contributed by atoms with van der Waals surface area (Å²) in [6, 6.07) is 0.549. The van der Waals surface area contributed by atoms with Crippen molar-refractivity contribution in [1.82, 2.24) is 9.88 Å². The first-order valence-electron chi connectivity index (χ1n) is 9.32. The number of aromatic nitrogens is 1.